The average Bonchev–Trinajstić information content (AvgIpc) is 3.73. The molecule has 308 valence electrons. The smallest absolute Gasteiger partial charge is 0.316 e. The lowest BCUT2D eigenvalue weighted by atomic mass is 9.94. The van der Waals surface area contributed by atoms with Crippen molar-refractivity contribution < 1.29 is 22.7 Å². The minimum absolute atomic E-state index is 0.0456. The van der Waals surface area contributed by atoms with Crippen LogP contribution in [0.15, 0.2) is 65.6 Å². The molecule has 0 aliphatic carbocycles. The number of nitrogens with one attached hydrogen (secondary N) is 2. The molecule has 2 aromatic heterocycles. The second kappa shape index (κ2) is 17.1. The first-order chi connectivity index (χ1) is 26.9. The van der Waals surface area contributed by atoms with Crippen LogP contribution in [0, 0.1) is 11.8 Å². The predicted octanol–water partition coefficient (Wildman–Crippen LogP) is 7.88. The Labute approximate surface area is 337 Å². The van der Waals surface area contributed by atoms with Crippen LogP contribution in [0.3, 0.4) is 0 Å². The Bertz CT molecular complexity index is 2270. The van der Waals surface area contributed by atoms with E-state index in [0.29, 0.717) is 23.2 Å². The van der Waals surface area contributed by atoms with Gasteiger partial charge >= 0.3 is 6.03 Å². The number of rotatable bonds is 9. The Morgan fingerprint density at radius 1 is 0.754 bits per heavy atom. The van der Waals surface area contributed by atoms with Crippen LogP contribution in [0.4, 0.5) is 21.9 Å². The number of carbonyl (C=O) groups excluding carboxylic acids is 1. The lowest BCUT2D eigenvalue weighted by Crippen LogP contribution is -2.26. The molecule has 4 N–H and O–H groups in total. The summed E-state index contributed by atoms with van der Waals surface area (Å²) in [6.07, 6.45) is 4.35. The third-order valence-electron chi connectivity index (χ3n) is 10.8. The standard InChI is InChI=1S/C25H33N5O4S.C18H27N3O/c1-25(2,3)23-28-21-15-19(7-10-22(21)30(23)16-17-11-13-34-14-12-17)29(4)35(32,33)20-8-5-18(6-9-20)27-24(26)31;1-18(2,3)17-20-15-11-14(19-4)5-6-16(15)21(17)12-13-7-9-22-10-8-13/h5-10,15,17H,11-14,16H2,1-4H3,(H3,26,27,31);5-6,11,13,19H,7-10,12H2,1-4H3. The molecule has 0 unspecified atom stereocenters. The number of amides is 2. The molecule has 4 heterocycles. The maximum absolute atomic E-state index is 13.3. The molecule has 13 nitrogen and oxygen atoms in total. The maximum atomic E-state index is 13.3. The van der Waals surface area contributed by atoms with Gasteiger partial charge < -0.3 is 35.0 Å². The number of sulfonamides is 1. The summed E-state index contributed by atoms with van der Waals surface area (Å²) in [6.45, 7) is 18.4. The van der Waals surface area contributed by atoms with Crippen molar-refractivity contribution in [3.63, 3.8) is 0 Å². The minimum Gasteiger partial charge on any atom is -0.388 e. The van der Waals surface area contributed by atoms with Gasteiger partial charge in [0.1, 0.15) is 11.6 Å². The second-order valence-electron chi connectivity index (χ2n) is 17.3. The summed E-state index contributed by atoms with van der Waals surface area (Å²) in [5.41, 5.74) is 11.2. The van der Waals surface area contributed by atoms with Crippen molar-refractivity contribution in [3.05, 3.63) is 72.3 Å². The predicted molar refractivity (Wildman–Crippen MR) is 229 cm³/mol. The van der Waals surface area contributed by atoms with Gasteiger partial charge in [-0.3, -0.25) is 4.31 Å². The number of aromatic nitrogens is 4. The molecule has 14 heteroatoms. The Hall–Kier alpha value is -4.66. The molecule has 0 bridgehead atoms. The summed E-state index contributed by atoms with van der Waals surface area (Å²) in [6, 6.07) is 17.2. The first kappa shape index (κ1) is 42.0. The van der Waals surface area contributed by atoms with E-state index in [4.69, 9.17) is 25.2 Å². The zero-order valence-corrected chi connectivity index (χ0v) is 35.6. The van der Waals surface area contributed by atoms with Crippen molar-refractivity contribution in [1.29, 1.82) is 0 Å². The van der Waals surface area contributed by atoms with E-state index in [1.165, 1.54) is 47.0 Å². The number of hydrogen-bond acceptors (Lipinski definition) is 8. The zero-order valence-electron chi connectivity index (χ0n) is 34.8. The normalized spacial score (nSPS) is 16.0. The summed E-state index contributed by atoms with van der Waals surface area (Å²) >= 11 is 0. The van der Waals surface area contributed by atoms with E-state index in [1.807, 2.05) is 25.2 Å². The van der Waals surface area contributed by atoms with E-state index in [1.54, 1.807) is 0 Å². The molecule has 57 heavy (non-hydrogen) atoms. The number of benzene rings is 3. The van der Waals surface area contributed by atoms with Gasteiger partial charge in [0, 0.05) is 75.8 Å². The number of ether oxygens (including phenoxy) is 2. The lowest BCUT2D eigenvalue weighted by Gasteiger charge is -2.26. The number of primary amides is 1. The van der Waals surface area contributed by atoms with Crippen molar-refractivity contribution in [1.82, 2.24) is 19.1 Å². The third-order valence-corrected chi connectivity index (χ3v) is 12.6. The van der Waals surface area contributed by atoms with Crippen LogP contribution >= 0.6 is 0 Å². The molecule has 5 aromatic rings. The number of nitrogens with two attached hydrogens (primary N) is 1. The molecular formula is C43H60N8O5S. The molecule has 2 amide bonds. The Balaban J connectivity index is 0.000000214. The number of fused-ring (bicyclic) bond motifs is 2. The number of hydrogen-bond donors (Lipinski definition) is 3. The van der Waals surface area contributed by atoms with Crippen molar-refractivity contribution in [2.45, 2.75) is 96.0 Å². The highest BCUT2D eigenvalue weighted by Crippen LogP contribution is 2.33. The molecule has 2 fully saturated rings. The third kappa shape index (κ3) is 9.73. The van der Waals surface area contributed by atoms with Gasteiger partial charge in [-0.1, -0.05) is 41.5 Å². The Morgan fingerprint density at radius 2 is 1.21 bits per heavy atom. The van der Waals surface area contributed by atoms with Crippen LogP contribution in [0.5, 0.6) is 0 Å². The van der Waals surface area contributed by atoms with Crippen molar-refractivity contribution in [3.8, 4) is 0 Å². The fraction of sp³-hybridized carbons (Fsp3) is 0.512. The Morgan fingerprint density at radius 3 is 1.67 bits per heavy atom. The summed E-state index contributed by atoms with van der Waals surface area (Å²) < 4.78 is 43.5. The van der Waals surface area contributed by atoms with Gasteiger partial charge in [0.05, 0.1) is 32.6 Å². The van der Waals surface area contributed by atoms with Gasteiger partial charge in [0.15, 0.2) is 0 Å². The first-order valence-electron chi connectivity index (χ1n) is 20.0. The number of imidazole rings is 2. The fourth-order valence-corrected chi connectivity index (χ4v) is 8.83. The molecule has 0 atom stereocenters. The largest absolute Gasteiger partial charge is 0.388 e. The molecule has 2 saturated heterocycles. The second-order valence-corrected chi connectivity index (χ2v) is 19.3. The molecule has 0 spiro atoms. The molecule has 0 radical (unpaired) electrons. The van der Waals surface area contributed by atoms with Crippen molar-refractivity contribution in [2.75, 3.05) is 55.5 Å². The van der Waals surface area contributed by atoms with Gasteiger partial charge in [0.2, 0.25) is 0 Å². The number of carbonyl (C=O) groups is 1. The van der Waals surface area contributed by atoms with Crippen molar-refractivity contribution in [2.24, 2.45) is 17.6 Å². The van der Waals surface area contributed by atoms with E-state index in [2.05, 4.69) is 79.5 Å². The average molecular weight is 801 g/mol. The lowest BCUT2D eigenvalue weighted by molar-refractivity contribution is 0.0610. The summed E-state index contributed by atoms with van der Waals surface area (Å²) in [7, 11) is -0.347. The van der Waals surface area contributed by atoms with Gasteiger partial charge in [0.25, 0.3) is 10.0 Å². The topological polar surface area (TPSA) is 159 Å². The van der Waals surface area contributed by atoms with Gasteiger partial charge in [-0.05, 0) is 98.2 Å². The van der Waals surface area contributed by atoms with Crippen LogP contribution < -0.4 is 20.7 Å². The van der Waals surface area contributed by atoms with Gasteiger partial charge in [-0.15, -0.1) is 0 Å². The number of nitrogens with zero attached hydrogens (tertiary/aromatic N) is 5. The molecular weight excluding hydrogens is 741 g/mol. The maximum Gasteiger partial charge on any atom is 0.316 e. The monoisotopic (exact) mass is 800 g/mol. The molecule has 2 aliphatic heterocycles. The molecule has 7 rings (SSSR count). The highest BCUT2D eigenvalue weighted by Gasteiger charge is 2.28. The van der Waals surface area contributed by atoms with Gasteiger partial charge in [-0.25, -0.2) is 23.2 Å². The SMILES string of the molecule is CN(c1ccc2c(c1)nc(C(C)(C)C)n2CC1CCOCC1)S(=O)(=O)c1ccc(NC(N)=O)cc1.CNc1ccc2c(c1)nc(C(C)(C)C)n2CC1CCOCC1. The highest BCUT2D eigenvalue weighted by atomic mass is 32.2. The van der Waals surface area contributed by atoms with Crippen LogP contribution in [0.2, 0.25) is 0 Å². The van der Waals surface area contributed by atoms with E-state index in [9.17, 15) is 13.2 Å². The Kier molecular flexibility index (Phi) is 12.6. The minimum atomic E-state index is -3.82. The number of urea groups is 1. The van der Waals surface area contributed by atoms with Crippen LogP contribution in [-0.4, -0.2) is 74.1 Å². The molecule has 2 aliphatic rings. The molecule has 3 aromatic carbocycles. The van der Waals surface area contributed by atoms with E-state index in [-0.39, 0.29) is 15.7 Å². The van der Waals surface area contributed by atoms with E-state index in [0.717, 1.165) is 93.3 Å². The zero-order chi connectivity index (χ0) is 41.1. The van der Waals surface area contributed by atoms with E-state index < -0.39 is 16.1 Å². The summed E-state index contributed by atoms with van der Waals surface area (Å²) in [4.78, 5) is 21.0. The van der Waals surface area contributed by atoms with Gasteiger partial charge in [-0.2, -0.15) is 0 Å². The fourth-order valence-electron chi connectivity index (χ4n) is 7.64. The summed E-state index contributed by atoms with van der Waals surface area (Å²) in [5, 5.41) is 5.63. The van der Waals surface area contributed by atoms with Crippen molar-refractivity contribution >= 4 is 55.2 Å². The van der Waals surface area contributed by atoms with E-state index >= 15 is 0 Å². The van der Waals surface area contributed by atoms with Crippen LogP contribution in [0.25, 0.3) is 22.1 Å². The number of anilines is 3. The quantitative estimate of drug-likeness (QED) is 0.136. The highest BCUT2D eigenvalue weighted by molar-refractivity contribution is 7.92. The first-order valence-corrected chi connectivity index (χ1v) is 21.4. The molecule has 0 saturated carbocycles. The summed E-state index contributed by atoms with van der Waals surface area (Å²) in [5.74, 6) is 3.38. The van der Waals surface area contributed by atoms with Crippen LogP contribution in [-0.2, 0) is 43.4 Å². The van der Waals surface area contributed by atoms with Crippen LogP contribution in [0.1, 0.15) is 78.9 Å².